The molecule has 0 atom stereocenters. The molecule has 0 spiro atoms. The summed E-state index contributed by atoms with van der Waals surface area (Å²) in [6, 6.07) is 18.0. The summed E-state index contributed by atoms with van der Waals surface area (Å²) in [4.78, 5) is 19.2. The molecule has 1 aliphatic heterocycles. The Hall–Kier alpha value is -3.34. The van der Waals surface area contributed by atoms with Crippen molar-refractivity contribution in [1.82, 2.24) is 10.3 Å². The number of ether oxygens (including phenoxy) is 1. The number of hydrogen-bond donors (Lipinski definition) is 1. The highest BCUT2D eigenvalue weighted by Gasteiger charge is 2.19. The molecule has 1 aliphatic rings. The summed E-state index contributed by atoms with van der Waals surface area (Å²) in [5.41, 5.74) is 4.96. The number of benzene rings is 2. The minimum Gasteiger partial charge on any atom is -0.496 e. The van der Waals surface area contributed by atoms with E-state index in [2.05, 4.69) is 33.4 Å². The number of aromatic nitrogens is 1. The minimum atomic E-state index is -0.148. The number of para-hydroxylation sites is 2. The molecule has 0 bridgehead atoms. The predicted octanol–water partition coefficient (Wildman–Crippen LogP) is 4.10. The van der Waals surface area contributed by atoms with Gasteiger partial charge in [-0.2, -0.15) is 0 Å². The van der Waals surface area contributed by atoms with Crippen molar-refractivity contribution in [1.29, 1.82) is 0 Å². The van der Waals surface area contributed by atoms with Crippen LogP contribution >= 0.6 is 0 Å². The molecule has 28 heavy (non-hydrogen) atoms. The van der Waals surface area contributed by atoms with Crippen molar-refractivity contribution in [3.8, 4) is 5.75 Å². The Morgan fingerprint density at radius 3 is 2.86 bits per heavy atom. The number of fused-ring (bicyclic) bond motifs is 1. The molecule has 3 aromatic rings. The number of nitrogens with zero attached hydrogens (tertiary/aromatic N) is 2. The molecule has 142 valence electrons. The summed E-state index contributed by atoms with van der Waals surface area (Å²) in [5.74, 6) is 0.616. The molecular formula is C23H23N3O2. The molecule has 1 amide bonds. The Morgan fingerprint density at radius 2 is 1.96 bits per heavy atom. The molecule has 0 saturated carbocycles. The van der Waals surface area contributed by atoms with E-state index in [9.17, 15) is 4.79 Å². The van der Waals surface area contributed by atoms with E-state index in [1.807, 2.05) is 42.6 Å². The number of rotatable bonds is 5. The molecule has 0 unspecified atom stereocenters. The first kappa shape index (κ1) is 18.0. The Morgan fingerprint density at radius 1 is 1.14 bits per heavy atom. The van der Waals surface area contributed by atoms with Gasteiger partial charge in [-0.1, -0.05) is 36.4 Å². The molecule has 0 radical (unpaired) electrons. The lowest BCUT2D eigenvalue weighted by atomic mass is 10.0. The summed E-state index contributed by atoms with van der Waals surface area (Å²) in [7, 11) is 1.63. The fourth-order valence-electron chi connectivity index (χ4n) is 3.63. The van der Waals surface area contributed by atoms with E-state index in [4.69, 9.17) is 4.74 Å². The molecule has 2 heterocycles. The first-order chi connectivity index (χ1) is 13.8. The first-order valence-electron chi connectivity index (χ1n) is 9.47. The number of pyridine rings is 1. The lowest BCUT2D eigenvalue weighted by Crippen LogP contribution is -2.26. The third kappa shape index (κ3) is 3.69. The van der Waals surface area contributed by atoms with Crippen molar-refractivity contribution in [2.24, 2.45) is 0 Å². The number of amides is 1. The second-order valence-corrected chi connectivity index (χ2v) is 6.81. The van der Waals surface area contributed by atoms with E-state index < -0.39 is 0 Å². The van der Waals surface area contributed by atoms with E-state index in [0.29, 0.717) is 12.1 Å². The smallest absolute Gasteiger partial charge is 0.253 e. The largest absolute Gasteiger partial charge is 0.496 e. The van der Waals surface area contributed by atoms with Gasteiger partial charge < -0.3 is 15.0 Å². The molecule has 4 rings (SSSR count). The van der Waals surface area contributed by atoms with Crippen LogP contribution in [0.3, 0.4) is 0 Å². The number of carbonyl (C=O) groups is 1. The van der Waals surface area contributed by atoms with E-state index in [1.54, 1.807) is 13.3 Å². The predicted molar refractivity (Wildman–Crippen MR) is 110 cm³/mol. The number of methoxy groups -OCH3 is 1. The minimum absolute atomic E-state index is 0.148. The van der Waals surface area contributed by atoms with Crippen LogP contribution in [0.5, 0.6) is 5.75 Å². The van der Waals surface area contributed by atoms with Gasteiger partial charge in [-0.25, -0.2) is 0 Å². The van der Waals surface area contributed by atoms with Crippen molar-refractivity contribution in [2.75, 3.05) is 18.6 Å². The van der Waals surface area contributed by atoms with Gasteiger partial charge in [0.2, 0.25) is 0 Å². The van der Waals surface area contributed by atoms with E-state index in [0.717, 1.165) is 36.4 Å². The number of anilines is 2. The number of nitrogens with one attached hydrogen (secondary N) is 1. The molecule has 0 aliphatic carbocycles. The van der Waals surface area contributed by atoms with Gasteiger partial charge in [-0.15, -0.1) is 0 Å². The molecule has 1 N–H and O–H groups in total. The SMILES string of the molecule is COc1ccccc1CNC(=O)c1cncc(N2CCCc3ccccc32)c1. The quantitative estimate of drug-likeness (QED) is 0.731. The fourth-order valence-corrected chi connectivity index (χ4v) is 3.63. The van der Waals surface area contributed by atoms with Crippen LogP contribution in [0.4, 0.5) is 11.4 Å². The van der Waals surface area contributed by atoms with Gasteiger partial charge in [-0.3, -0.25) is 9.78 Å². The molecular weight excluding hydrogens is 350 g/mol. The van der Waals surface area contributed by atoms with Crippen molar-refractivity contribution in [2.45, 2.75) is 19.4 Å². The van der Waals surface area contributed by atoms with E-state index in [-0.39, 0.29) is 5.91 Å². The summed E-state index contributed by atoms with van der Waals surface area (Å²) >= 11 is 0. The number of aryl methyl sites for hydroxylation is 1. The lowest BCUT2D eigenvalue weighted by Gasteiger charge is -2.31. The highest BCUT2D eigenvalue weighted by molar-refractivity contribution is 5.95. The van der Waals surface area contributed by atoms with Crippen LogP contribution < -0.4 is 15.0 Å². The summed E-state index contributed by atoms with van der Waals surface area (Å²) in [5, 5.41) is 2.96. The van der Waals surface area contributed by atoms with Crippen molar-refractivity contribution in [3.63, 3.8) is 0 Å². The third-order valence-corrected chi connectivity index (χ3v) is 5.04. The normalized spacial score (nSPS) is 13.0. The standard InChI is InChI=1S/C23H23N3O2/c1-28-22-11-5-3-8-18(22)15-25-23(27)19-13-20(16-24-14-19)26-12-6-9-17-7-2-4-10-21(17)26/h2-5,7-8,10-11,13-14,16H,6,9,12,15H2,1H3,(H,25,27). The van der Waals surface area contributed by atoms with Crippen molar-refractivity contribution < 1.29 is 9.53 Å². The van der Waals surface area contributed by atoms with Gasteiger partial charge >= 0.3 is 0 Å². The molecule has 0 saturated heterocycles. The maximum Gasteiger partial charge on any atom is 0.253 e. The van der Waals surface area contributed by atoms with Gasteiger partial charge in [0.05, 0.1) is 24.6 Å². The first-order valence-corrected chi connectivity index (χ1v) is 9.47. The fraction of sp³-hybridized carbons (Fsp3) is 0.217. The van der Waals surface area contributed by atoms with Crippen LogP contribution in [0.1, 0.15) is 27.9 Å². The van der Waals surface area contributed by atoms with Gasteiger partial charge in [-0.05, 0) is 36.6 Å². The topological polar surface area (TPSA) is 54.5 Å². The maximum absolute atomic E-state index is 12.7. The van der Waals surface area contributed by atoms with Crippen molar-refractivity contribution in [3.05, 3.63) is 83.7 Å². The average Bonchev–Trinajstić information content (AvgIpc) is 2.77. The zero-order chi connectivity index (χ0) is 19.3. The monoisotopic (exact) mass is 373 g/mol. The average molecular weight is 373 g/mol. The Balaban J connectivity index is 1.52. The van der Waals surface area contributed by atoms with Gasteiger partial charge in [0.25, 0.3) is 5.91 Å². The van der Waals surface area contributed by atoms with Crippen LogP contribution in [0, 0.1) is 0 Å². The molecule has 1 aromatic heterocycles. The highest BCUT2D eigenvalue weighted by atomic mass is 16.5. The van der Waals surface area contributed by atoms with Crippen LogP contribution in [0.25, 0.3) is 0 Å². The summed E-state index contributed by atoms with van der Waals surface area (Å²) in [6.45, 7) is 1.32. The summed E-state index contributed by atoms with van der Waals surface area (Å²) in [6.07, 6.45) is 5.59. The van der Waals surface area contributed by atoms with E-state index >= 15 is 0 Å². The number of carbonyl (C=O) groups excluding carboxylic acids is 1. The zero-order valence-corrected chi connectivity index (χ0v) is 15.9. The van der Waals surface area contributed by atoms with Crippen LogP contribution in [0.15, 0.2) is 67.0 Å². The molecule has 2 aromatic carbocycles. The van der Waals surface area contributed by atoms with Crippen LogP contribution in [0.2, 0.25) is 0 Å². The van der Waals surface area contributed by atoms with Gasteiger partial charge in [0.1, 0.15) is 5.75 Å². The van der Waals surface area contributed by atoms with Crippen LogP contribution in [-0.2, 0) is 13.0 Å². The Kier molecular flexibility index (Phi) is 5.24. The summed E-state index contributed by atoms with van der Waals surface area (Å²) < 4.78 is 5.34. The van der Waals surface area contributed by atoms with Crippen LogP contribution in [-0.4, -0.2) is 24.5 Å². The molecule has 5 heteroatoms. The molecule has 0 fully saturated rings. The van der Waals surface area contributed by atoms with Crippen molar-refractivity contribution >= 4 is 17.3 Å². The number of hydrogen-bond acceptors (Lipinski definition) is 4. The lowest BCUT2D eigenvalue weighted by molar-refractivity contribution is 0.0950. The second kappa shape index (κ2) is 8.13. The maximum atomic E-state index is 12.7. The third-order valence-electron chi connectivity index (χ3n) is 5.04. The zero-order valence-electron chi connectivity index (χ0n) is 15.9. The Labute approximate surface area is 165 Å². The highest BCUT2D eigenvalue weighted by Crippen LogP contribution is 2.33. The van der Waals surface area contributed by atoms with Gasteiger partial charge in [0, 0.05) is 30.5 Å². The Bertz CT molecular complexity index is 987. The second-order valence-electron chi connectivity index (χ2n) is 6.81. The van der Waals surface area contributed by atoms with Gasteiger partial charge in [0.15, 0.2) is 0 Å². The van der Waals surface area contributed by atoms with E-state index in [1.165, 1.54) is 11.3 Å². The molecule has 5 nitrogen and oxygen atoms in total.